The number of carbonyl (C=O) groups excluding carboxylic acids is 1. The number of methoxy groups -OCH3 is 1. The summed E-state index contributed by atoms with van der Waals surface area (Å²) >= 11 is 1.37. The number of thioether (sulfide) groups is 1. The molecule has 4 aromatic rings. The van der Waals surface area contributed by atoms with E-state index in [1.54, 1.807) is 13.2 Å². The van der Waals surface area contributed by atoms with Crippen LogP contribution < -0.4 is 10.1 Å². The quantitative estimate of drug-likeness (QED) is 0.292. The van der Waals surface area contributed by atoms with Gasteiger partial charge in [-0.2, -0.15) is 0 Å². The molecule has 0 bridgehead atoms. The SMILES string of the molecule is C=CCn1c(Cc2ccc(OC)cc2)nnc1SCC(=O)Nc1cccc2ccccc12. The van der Waals surface area contributed by atoms with Gasteiger partial charge in [-0.25, -0.2) is 0 Å². The number of carbonyl (C=O) groups is 1. The predicted molar refractivity (Wildman–Crippen MR) is 129 cm³/mol. The van der Waals surface area contributed by atoms with Crippen molar-refractivity contribution in [1.29, 1.82) is 0 Å². The zero-order chi connectivity index (χ0) is 22.3. The Morgan fingerprint density at radius 2 is 1.88 bits per heavy atom. The van der Waals surface area contributed by atoms with Gasteiger partial charge in [-0.1, -0.05) is 66.4 Å². The lowest BCUT2D eigenvalue weighted by atomic mass is 10.1. The molecule has 0 aliphatic rings. The highest BCUT2D eigenvalue weighted by molar-refractivity contribution is 7.99. The average molecular weight is 445 g/mol. The van der Waals surface area contributed by atoms with Crippen molar-refractivity contribution in [2.24, 2.45) is 0 Å². The van der Waals surface area contributed by atoms with Crippen molar-refractivity contribution in [2.75, 3.05) is 18.2 Å². The molecular formula is C25H24N4O2S. The Morgan fingerprint density at radius 1 is 1.09 bits per heavy atom. The highest BCUT2D eigenvalue weighted by Gasteiger charge is 2.14. The van der Waals surface area contributed by atoms with Gasteiger partial charge in [0.05, 0.1) is 12.9 Å². The van der Waals surface area contributed by atoms with Crippen molar-refractivity contribution in [3.63, 3.8) is 0 Å². The molecule has 6 nitrogen and oxygen atoms in total. The maximum atomic E-state index is 12.6. The minimum absolute atomic E-state index is 0.0868. The second-order valence-electron chi connectivity index (χ2n) is 7.19. The van der Waals surface area contributed by atoms with Gasteiger partial charge in [0, 0.05) is 24.0 Å². The molecule has 1 heterocycles. The Kier molecular flexibility index (Phi) is 6.87. The van der Waals surface area contributed by atoms with Crippen molar-refractivity contribution >= 4 is 34.1 Å². The lowest BCUT2D eigenvalue weighted by Crippen LogP contribution is -2.15. The molecule has 0 saturated carbocycles. The van der Waals surface area contributed by atoms with Gasteiger partial charge in [0.25, 0.3) is 0 Å². The van der Waals surface area contributed by atoms with Crippen LogP contribution >= 0.6 is 11.8 Å². The third kappa shape index (κ3) is 5.00. The van der Waals surface area contributed by atoms with E-state index in [0.29, 0.717) is 18.1 Å². The Bertz CT molecular complexity index is 1230. The molecule has 0 atom stereocenters. The van der Waals surface area contributed by atoms with Gasteiger partial charge in [0.15, 0.2) is 5.16 Å². The summed E-state index contributed by atoms with van der Waals surface area (Å²) in [5.41, 5.74) is 1.91. The van der Waals surface area contributed by atoms with Crippen LogP contribution in [0.25, 0.3) is 10.8 Å². The summed E-state index contributed by atoms with van der Waals surface area (Å²) in [6.45, 7) is 4.42. The maximum Gasteiger partial charge on any atom is 0.234 e. The molecule has 1 amide bonds. The molecule has 162 valence electrons. The summed E-state index contributed by atoms with van der Waals surface area (Å²) in [6, 6.07) is 21.7. The molecule has 0 aliphatic carbocycles. The fourth-order valence-electron chi connectivity index (χ4n) is 3.45. The number of hydrogen-bond acceptors (Lipinski definition) is 5. The minimum Gasteiger partial charge on any atom is -0.497 e. The first-order chi connectivity index (χ1) is 15.7. The third-order valence-electron chi connectivity index (χ3n) is 5.02. The zero-order valence-corrected chi connectivity index (χ0v) is 18.6. The van der Waals surface area contributed by atoms with Crippen LogP contribution in [-0.4, -0.2) is 33.5 Å². The van der Waals surface area contributed by atoms with Crippen LogP contribution in [0.15, 0.2) is 84.5 Å². The van der Waals surface area contributed by atoms with Crippen LogP contribution in [0.1, 0.15) is 11.4 Å². The largest absolute Gasteiger partial charge is 0.497 e. The molecule has 0 saturated heterocycles. The Hall–Kier alpha value is -3.58. The van der Waals surface area contributed by atoms with Gasteiger partial charge in [-0.05, 0) is 29.1 Å². The van der Waals surface area contributed by atoms with E-state index in [9.17, 15) is 4.79 Å². The van der Waals surface area contributed by atoms with E-state index in [0.717, 1.165) is 33.6 Å². The maximum absolute atomic E-state index is 12.6. The Balaban J connectivity index is 1.44. The lowest BCUT2D eigenvalue weighted by molar-refractivity contribution is -0.113. The van der Waals surface area contributed by atoms with Crippen LogP contribution in [0.2, 0.25) is 0 Å². The van der Waals surface area contributed by atoms with Gasteiger partial charge in [-0.3, -0.25) is 4.79 Å². The van der Waals surface area contributed by atoms with Gasteiger partial charge in [0.1, 0.15) is 11.6 Å². The highest BCUT2D eigenvalue weighted by Crippen LogP contribution is 2.24. The van der Waals surface area contributed by atoms with Gasteiger partial charge in [0.2, 0.25) is 5.91 Å². The second-order valence-corrected chi connectivity index (χ2v) is 8.13. The molecular weight excluding hydrogens is 420 g/mol. The van der Waals surface area contributed by atoms with Crippen molar-refractivity contribution in [2.45, 2.75) is 18.1 Å². The number of allylic oxidation sites excluding steroid dienone is 1. The molecule has 0 unspecified atom stereocenters. The molecule has 7 heteroatoms. The molecule has 0 fully saturated rings. The van der Waals surface area contributed by atoms with Crippen LogP contribution in [-0.2, 0) is 17.8 Å². The molecule has 3 aromatic carbocycles. The van der Waals surface area contributed by atoms with E-state index in [4.69, 9.17) is 4.74 Å². The number of fused-ring (bicyclic) bond motifs is 1. The summed E-state index contributed by atoms with van der Waals surface area (Å²) in [6.07, 6.45) is 2.44. The first-order valence-electron chi connectivity index (χ1n) is 10.2. The normalized spacial score (nSPS) is 10.8. The van der Waals surface area contributed by atoms with Crippen LogP contribution in [0, 0.1) is 0 Å². The summed E-state index contributed by atoms with van der Waals surface area (Å²) in [5, 5.41) is 14.5. The van der Waals surface area contributed by atoms with Crippen LogP contribution in [0.4, 0.5) is 5.69 Å². The van der Waals surface area contributed by atoms with E-state index >= 15 is 0 Å². The van der Waals surface area contributed by atoms with Crippen molar-refractivity contribution in [3.8, 4) is 5.75 Å². The first kappa shape index (κ1) is 21.6. The fourth-order valence-corrected chi connectivity index (χ4v) is 4.21. The summed E-state index contributed by atoms with van der Waals surface area (Å²) in [4.78, 5) is 12.6. The number of rotatable bonds is 9. The summed E-state index contributed by atoms with van der Waals surface area (Å²) < 4.78 is 7.21. The molecule has 1 aromatic heterocycles. The predicted octanol–water partition coefficient (Wildman–Crippen LogP) is 4.95. The number of hydrogen-bond donors (Lipinski definition) is 1. The third-order valence-corrected chi connectivity index (χ3v) is 5.99. The number of anilines is 1. The monoisotopic (exact) mass is 444 g/mol. The van der Waals surface area contributed by atoms with Crippen molar-refractivity contribution in [3.05, 3.63) is 90.8 Å². The van der Waals surface area contributed by atoms with Gasteiger partial charge in [-0.15, -0.1) is 16.8 Å². The number of amides is 1. The number of nitrogens with one attached hydrogen (secondary N) is 1. The van der Waals surface area contributed by atoms with Gasteiger partial charge < -0.3 is 14.6 Å². The standard InChI is InChI=1S/C25H24N4O2S/c1-3-15-29-23(16-18-11-13-20(31-2)14-12-18)27-28-25(29)32-17-24(30)26-22-10-6-8-19-7-4-5-9-21(19)22/h3-14H,1,15-17H2,2H3,(H,26,30). The first-order valence-corrected chi connectivity index (χ1v) is 11.2. The fraction of sp³-hybridized carbons (Fsp3) is 0.160. The van der Waals surface area contributed by atoms with Crippen molar-refractivity contribution < 1.29 is 9.53 Å². The van der Waals surface area contributed by atoms with Crippen molar-refractivity contribution in [1.82, 2.24) is 14.8 Å². The van der Waals surface area contributed by atoms with Gasteiger partial charge >= 0.3 is 0 Å². The number of nitrogens with zero attached hydrogens (tertiary/aromatic N) is 3. The van der Waals surface area contributed by atoms with E-state index in [-0.39, 0.29) is 11.7 Å². The Morgan fingerprint density at radius 3 is 2.66 bits per heavy atom. The molecule has 0 radical (unpaired) electrons. The lowest BCUT2D eigenvalue weighted by Gasteiger charge is -2.10. The zero-order valence-electron chi connectivity index (χ0n) is 17.8. The van der Waals surface area contributed by atoms with Crippen LogP contribution in [0.3, 0.4) is 0 Å². The molecule has 0 aliphatic heterocycles. The number of aromatic nitrogens is 3. The Labute approximate surface area is 191 Å². The average Bonchev–Trinajstić information content (AvgIpc) is 3.20. The van der Waals surface area contributed by atoms with Crippen LogP contribution in [0.5, 0.6) is 5.75 Å². The minimum atomic E-state index is -0.0868. The molecule has 32 heavy (non-hydrogen) atoms. The highest BCUT2D eigenvalue weighted by atomic mass is 32.2. The topological polar surface area (TPSA) is 69.0 Å². The summed E-state index contributed by atoms with van der Waals surface area (Å²) in [7, 11) is 1.65. The summed E-state index contributed by atoms with van der Waals surface area (Å²) in [5.74, 6) is 1.79. The van der Waals surface area contributed by atoms with E-state index < -0.39 is 0 Å². The van der Waals surface area contributed by atoms with E-state index in [1.165, 1.54) is 11.8 Å². The number of ether oxygens (including phenoxy) is 1. The molecule has 1 N–H and O–H groups in total. The molecule has 4 rings (SSSR count). The van der Waals surface area contributed by atoms with E-state index in [2.05, 4.69) is 22.1 Å². The number of benzene rings is 3. The smallest absolute Gasteiger partial charge is 0.234 e. The molecule has 0 spiro atoms. The van der Waals surface area contributed by atoms with E-state index in [1.807, 2.05) is 71.3 Å². The second kappa shape index (κ2) is 10.2.